The number of aryl methyl sites for hydroxylation is 2. The molecule has 38 heavy (non-hydrogen) atoms. The van der Waals surface area contributed by atoms with Gasteiger partial charge < -0.3 is 14.4 Å². The monoisotopic (exact) mass is 520 g/mol. The van der Waals surface area contributed by atoms with Gasteiger partial charge in [0.25, 0.3) is 11.2 Å². The van der Waals surface area contributed by atoms with Crippen LogP contribution in [0.5, 0.6) is 11.5 Å². The smallest absolute Gasteiger partial charge is 0.331 e. The molecule has 0 unspecified atom stereocenters. The van der Waals surface area contributed by atoms with Gasteiger partial charge in [-0.2, -0.15) is 0 Å². The van der Waals surface area contributed by atoms with Crippen LogP contribution >= 0.6 is 0 Å². The number of piperidine rings is 1. The number of anilines is 1. The first-order valence-corrected chi connectivity index (χ1v) is 12.4. The lowest BCUT2D eigenvalue weighted by molar-refractivity contribution is -0.384. The zero-order valence-electron chi connectivity index (χ0n) is 21.6. The van der Waals surface area contributed by atoms with E-state index in [0.717, 1.165) is 16.7 Å². The van der Waals surface area contributed by atoms with E-state index in [9.17, 15) is 19.7 Å². The molecule has 0 radical (unpaired) electrons. The molecular weight excluding hydrogens is 492 g/mol. The van der Waals surface area contributed by atoms with Crippen LogP contribution < -0.4 is 25.6 Å². The second kappa shape index (κ2) is 9.77. The van der Waals surface area contributed by atoms with E-state index >= 15 is 0 Å². The summed E-state index contributed by atoms with van der Waals surface area (Å²) in [5.41, 5.74) is 0.0318. The summed E-state index contributed by atoms with van der Waals surface area (Å²) in [4.78, 5) is 49.0. The Morgan fingerprint density at radius 1 is 1.03 bits per heavy atom. The van der Waals surface area contributed by atoms with Crippen molar-refractivity contribution in [2.45, 2.75) is 39.3 Å². The van der Waals surface area contributed by atoms with Gasteiger partial charge in [-0.15, -0.1) is 0 Å². The normalized spacial score (nSPS) is 14.3. The van der Waals surface area contributed by atoms with Crippen molar-refractivity contribution in [2.75, 3.05) is 32.2 Å². The number of hydrogen-bond donors (Lipinski definition) is 0. The number of nitrogens with zero attached hydrogens (tertiary/aromatic N) is 6. The molecule has 0 aliphatic carbocycles. The van der Waals surface area contributed by atoms with Crippen LogP contribution in [0, 0.1) is 17.0 Å². The summed E-state index contributed by atoms with van der Waals surface area (Å²) in [5.74, 6) is 2.51. The van der Waals surface area contributed by atoms with Crippen LogP contribution in [0.4, 0.5) is 11.5 Å². The second-order valence-corrected chi connectivity index (χ2v) is 9.20. The fraction of sp³-hybridized carbons (Fsp3) is 0.385. The number of ether oxygens (including phenoxy) is 2. The Balaban J connectivity index is 1.52. The van der Waals surface area contributed by atoms with Crippen molar-refractivity contribution in [1.29, 1.82) is 0 Å². The summed E-state index contributed by atoms with van der Waals surface area (Å²) in [6.07, 6.45) is 1.05. The van der Waals surface area contributed by atoms with Gasteiger partial charge in [0.15, 0.2) is 11.5 Å². The zero-order valence-corrected chi connectivity index (χ0v) is 21.6. The molecule has 2 aromatic heterocycles. The Hall–Kier alpha value is -4.48. The third-order valence-corrected chi connectivity index (χ3v) is 7.11. The number of nitro benzene ring substituents is 1. The largest absolute Gasteiger partial charge is 0.493 e. The molecule has 198 valence electrons. The number of hydrogen-bond acceptors (Lipinski definition) is 9. The molecule has 0 atom stereocenters. The van der Waals surface area contributed by atoms with Gasteiger partial charge in [-0.25, -0.2) is 14.8 Å². The Morgan fingerprint density at radius 3 is 2.34 bits per heavy atom. The molecule has 12 heteroatoms. The minimum atomic E-state index is -0.540. The molecule has 3 heterocycles. The Kier molecular flexibility index (Phi) is 6.47. The summed E-state index contributed by atoms with van der Waals surface area (Å²) >= 11 is 0. The predicted molar refractivity (Wildman–Crippen MR) is 143 cm³/mol. The number of methoxy groups -OCH3 is 2. The summed E-state index contributed by atoms with van der Waals surface area (Å²) in [6.45, 7) is 5.08. The van der Waals surface area contributed by atoms with E-state index in [1.54, 1.807) is 14.2 Å². The average molecular weight is 521 g/mol. The minimum absolute atomic E-state index is 0.168. The molecule has 1 saturated heterocycles. The van der Waals surface area contributed by atoms with Gasteiger partial charge in [-0.1, -0.05) is 0 Å². The topological polar surface area (TPSA) is 135 Å². The van der Waals surface area contributed by atoms with Gasteiger partial charge in [-0.05, 0) is 38.8 Å². The number of aromatic nitrogens is 4. The van der Waals surface area contributed by atoms with E-state index in [2.05, 4.69) is 9.88 Å². The van der Waals surface area contributed by atoms with Crippen molar-refractivity contribution in [2.24, 2.45) is 0 Å². The Morgan fingerprint density at radius 2 is 1.71 bits per heavy atom. The average Bonchev–Trinajstić information content (AvgIpc) is 2.92. The Bertz CT molecular complexity index is 1690. The van der Waals surface area contributed by atoms with Crippen LogP contribution in [0.2, 0.25) is 0 Å². The van der Waals surface area contributed by atoms with Crippen molar-refractivity contribution < 1.29 is 14.4 Å². The lowest BCUT2D eigenvalue weighted by Crippen LogP contribution is -2.46. The highest BCUT2D eigenvalue weighted by Crippen LogP contribution is 2.36. The van der Waals surface area contributed by atoms with E-state index in [4.69, 9.17) is 14.5 Å². The van der Waals surface area contributed by atoms with Gasteiger partial charge in [0.2, 0.25) is 0 Å². The molecule has 0 N–H and O–H groups in total. The fourth-order valence-electron chi connectivity index (χ4n) is 5.25. The minimum Gasteiger partial charge on any atom is -0.493 e. The molecule has 0 saturated carbocycles. The van der Waals surface area contributed by atoms with Crippen LogP contribution in [-0.2, 0) is 6.54 Å². The van der Waals surface area contributed by atoms with Crippen LogP contribution in [0.3, 0.4) is 0 Å². The molecule has 1 aliphatic rings. The number of rotatable bonds is 6. The Labute approximate surface area is 217 Å². The van der Waals surface area contributed by atoms with E-state index in [1.807, 2.05) is 26.0 Å². The maximum Gasteiger partial charge on any atom is 0.331 e. The van der Waals surface area contributed by atoms with E-state index in [-0.39, 0.29) is 17.1 Å². The molecule has 0 amide bonds. The molecule has 12 nitrogen and oxygen atoms in total. The van der Waals surface area contributed by atoms with E-state index in [0.29, 0.717) is 55.3 Å². The van der Waals surface area contributed by atoms with Gasteiger partial charge in [-0.3, -0.25) is 24.0 Å². The molecule has 4 aromatic rings. The molecule has 5 rings (SSSR count). The molecular formula is C26H28N6O6. The first kappa shape index (κ1) is 25.2. The highest BCUT2D eigenvalue weighted by Gasteiger charge is 2.27. The van der Waals surface area contributed by atoms with Crippen molar-refractivity contribution >= 4 is 33.3 Å². The maximum absolute atomic E-state index is 13.5. The summed E-state index contributed by atoms with van der Waals surface area (Å²) in [7, 11) is 3.14. The predicted octanol–water partition coefficient (Wildman–Crippen LogP) is 3.20. The quantitative estimate of drug-likeness (QED) is 0.277. The number of benzene rings is 2. The molecule has 0 bridgehead atoms. The first-order chi connectivity index (χ1) is 18.3. The summed E-state index contributed by atoms with van der Waals surface area (Å²) < 4.78 is 13.7. The van der Waals surface area contributed by atoms with Gasteiger partial charge in [0.1, 0.15) is 11.6 Å². The van der Waals surface area contributed by atoms with Gasteiger partial charge in [0, 0.05) is 49.3 Å². The van der Waals surface area contributed by atoms with Crippen molar-refractivity contribution in [3.8, 4) is 11.5 Å². The number of fused-ring (bicyclic) bond motifs is 2. The van der Waals surface area contributed by atoms with Crippen LogP contribution in [0.1, 0.15) is 31.6 Å². The molecule has 2 aromatic carbocycles. The summed E-state index contributed by atoms with van der Waals surface area (Å²) in [6, 6.07) is 7.37. The maximum atomic E-state index is 13.5. The van der Waals surface area contributed by atoms with E-state index < -0.39 is 16.2 Å². The van der Waals surface area contributed by atoms with Crippen molar-refractivity contribution in [3.63, 3.8) is 0 Å². The summed E-state index contributed by atoms with van der Waals surface area (Å²) in [5, 5.41) is 12.3. The molecule has 1 aliphatic heterocycles. The lowest BCUT2D eigenvalue weighted by Gasteiger charge is -2.34. The highest BCUT2D eigenvalue weighted by atomic mass is 16.6. The van der Waals surface area contributed by atoms with Crippen molar-refractivity contribution in [1.82, 2.24) is 19.1 Å². The van der Waals surface area contributed by atoms with Crippen molar-refractivity contribution in [3.05, 3.63) is 67.1 Å². The highest BCUT2D eigenvalue weighted by molar-refractivity contribution is 5.92. The second-order valence-electron chi connectivity index (χ2n) is 9.20. The van der Waals surface area contributed by atoms with Gasteiger partial charge >= 0.3 is 5.69 Å². The van der Waals surface area contributed by atoms with Crippen LogP contribution in [-0.4, -0.2) is 51.3 Å². The third kappa shape index (κ3) is 4.11. The molecule has 1 fully saturated rings. The third-order valence-electron chi connectivity index (χ3n) is 7.11. The standard InChI is InChI=1S/C26H28N6O6/c1-5-30-21-7-6-17(32(35)36)12-19(21)25(33)31(26(30)34)16-8-10-29(11-9-16)24-18-13-22(37-3)23(38-4)14-20(18)27-15(2)28-24/h6-7,12-14,16H,5,8-11H2,1-4H3. The van der Waals surface area contributed by atoms with Gasteiger partial charge in [0.05, 0.1) is 35.6 Å². The van der Waals surface area contributed by atoms with Crippen LogP contribution in [0.15, 0.2) is 39.9 Å². The lowest BCUT2D eigenvalue weighted by atomic mass is 10.0. The fourth-order valence-corrected chi connectivity index (χ4v) is 5.25. The molecule has 0 spiro atoms. The number of nitro groups is 1. The van der Waals surface area contributed by atoms with E-state index in [1.165, 1.54) is 27.3 Å². The SMILES string of the molecule is CCn1c(=O)n(C2CCN(c3nc(C)nc4cc(OC)c(OC)cc34)CC2)c(=O)c2cc([N+](=O)[O-])ccc21. The number of non-ortho nitro benzene ring substituents is 1. The first-order valence-electron chi connectivity index (χ1n) is 12.4. The zero-order chi connectivity index (χ0) is 27.1. The van der Waals surface area contributed by atoms with Crippen LogP contribution in [0.25, 0.3) is 21.8 Å².